The molecule has 108 valence electrons. The van der Waals surface area contributed by atoms with Crippen molar-refractivity contribution in [1.29, 1.82) is 5.26 Å². The number of dihydropyridines is 1. The van der Waals surface area contributed by atoms with Crippen molar-refractivity contribution in [2.24, 2.45) is 11.3 Å². The van der Waals surface area contributed by atoms with Crippen LogP contribution in [0.2, 0.25) is 0 Å². The highest BCUT2D eigenvalue weighted by Gasteiger charge is 2.39. The number of carbonyl (C=O) groups is 1. The average Bonchev–Trinajstić information content (AvgIpc) is 2.33. The molecule has 0 bridgehead atoms. The molecule has 0 aromatic carbocycles. The lowest BCUT2D eigenvalue weighted by Gasteiger charge is -2.38. The molecule has 3 heteroatoms. The van der Waals surface area contributed by atoms with Crippen LogP contribution in [-0.2, 0) is 4.79 Å². The summed E-state index contributed by atoms with van der Waals surface area (Å²) in [5, 5.41) is 12.8. The Morgan fingerprint density at radius 2 is 2.10 bits per heavy atom. The van der Waals surface area contributed by atoms with Crippen LogP contribution >= 0.6 is 0 Å². The van der Waals surface area contributed by atoms with Crippen LogP contribution in [0.15, 0.2) is 22.5 Å². The van der Waals surface area contributed by atoms with E-state index in [1.807, 2.05) is 6.92 Å². The van der Waals surface area contributed by atoms with E-state index in [0.717, 1.165) is 48.2 Å². The molecule has 0 saturated heterocycles. The third-order valence-corrected chi connectivity index (χ3v) is 4.33. The number of unbranched alkanes of at least 4 members (excludes halogenated alkanes) is 1. The predicted molar refractivity (Wildman–Crippen MR) is 79.5 cm³/mol. The van der Waals surface area contributed by atoms with Crippen molar-refractivity contribution in [2.45, 2.75) is 59.8 Å². The average molecular weight is 272 g/mol. The Morgan fingerprint density at radius 1 is 1.40 bits per heavy atom. The summed E-state index contributed by atoms with van der Waals surface area (Å²) in [7, 11) is 0. The van der Waals surface area contributed by atoms with Gasteiger partial charge in [0.1, 0.15) is 0 Å². The van der Waals surface area contributed by atoms with Gasteiger partial charge in [0.05, 0.1) is 11.6 Å². The number of Topliss-reactive ketones (excluding diaryl/α,β-unsaturated/α-hetero) is 1. The fourth-order valence-electron chi connectivity index (χ4n) is 3.41. The molecule has 1 atom stereocenters. The normalized spacial score (nSPS) is 25.1. The van der Waals surface area contributed by atoms with Gasteiger partial charge in [0.25, 0.3) is 0 Å². The zero-order valence-corrected chi connectivity index (χ0v) is 13.0. The Balaban J connectivity index is 2.42. The molecule has 1 heterocycles. The summed E-state index contributed by atoms with van der Waals surface area (Å²) in [5.74, 6) is 0.241. The fourth-order valence-corrected chi connectivity index (χ4v) is 3.41. The Morgan fingerprint density at radius 3 is 2.70 bits per heavy atom. The minimum Gasteiger partial charge on any atom is -0.361 e. The van der Waals surface area contributed by atoms with Crippen LogP contribution in [-0.4, -0.2) is 5.78 Å². The Hall–Kier alpha value is -1.56. The van der Waals surface area contributed by atoms with Crippen LogP contribution in [0.5, 0.6) is 0 Å². The van der Waals surface area contributed by atoms with Gasteiger partial charge in [-0.15, -0.1) is 0 Å². The van der Waals surface area contributed by atoms with Gasteiger partial charge in [-0.05, 0) is 25.2 Å². The van der Waals surface area contributed by atoms with E-state index in [4.69, 9.17) is 0 Å². The van der Waals surface area contributed by atoms with Crippen molar-refractivity contribution < 1.29 is 4.79 Å². The molecule has 0 fully saturated rings. The summed E-state index contributed by atoms with van der Waals surface area (Å²) >= 11 is 0. The number of allylic oxidation sites excluding steroid dienone is 4. The van der Waals surface area contributed by atoms with Crippen LogP contribution in [0.4, 0.5) is 0 Å². The summed E-state index contributed by atoms with van der Waals surface area (Å²) in [6.45, 7) is 8.37. The first-order chi connectivity index (χ1) is 9.39. The number of nitriles is 1. The molecule has 0 amide bonds. The second-order valence-electron chi connectivity index (χ2n) is 6.80. The first-order valence-corrected chi connectivity index (χ1v) is 7.53. The number of rotatable bonds is 3. The predicted octanol–water partition coefficient (Wildman–Crippen LogP) is 3.84. The molecule has 0 spiro atoms. The molecule has 20 heavy (non-hydrogen) atoms. The Bertz CT molecular complexity index is 532. The van der Waals surface area contributed by atoms with E-state index in [1.165, 1.54) is 0 Å². The highest BCUT2D eigenvalue weighted by Crippen LogP contribution is 2.43. The summed E-state index contributed by atoms with van der Waals surface area (Å²) in [4.78, 5) is 12.6. The maximum atomic E-state index is 12.6. The van der Waals surface area contributed by atoms with Gasteiger partial charge >= 0.3 is 0 Å². The van der Waals surface area contributed by atoms with E-state index in [1.54, 1.807) is 0 Å². The third-order valence-electron chi connectivity index (χ3n) is 4.33. The molecular weight excluding hydrogens is 248 g/mol. The van der Waals surface area contributed by atoms with Gasteiger partial charge in [-0.25, -0.2) is 0 Å². The molecule has 2 aliphatic rings. The fraction of sp³-hybridized carbons (Fsp3) is 0.647. The van der Waals surface area contributed by atoms with Gasteiger partial charge in [-0.3, -0.25) is 4.79 Å². The number of nitrogens with one attached hydrogen (secondary N) is 1. The van der Waals surface area contributed by atoms with Gasteiger partial charge in [-0.1, -0.05) is 33.6 Å². The van der Waals surface area contributed by atoms with Gasteiger partial charge < -0.3 is 5.32 Å². The van der Waals surface area contributed by atoms with Gasteiger partial charge in [0.15, 0.2) is 5.78 Å². The highest BCUT2D eigenvalue weighted by atomic mass is 16.1. The molecule has 3 nitrogen and oxygen atoms in total. The smallest absolute Gasteiger partial charge is 0.161 e. The van der Waals surface area contributed by atoms with E-state index in [-0.39, 0.29) is 17.1 Å². The van der Waals surface area contributed by atoms with Crippen molar-refractivity contribution in [1.82, 2.24) is 5.32 Å². The third kappa shape index (κ3) is 2.65. The zero-order valence-electron chi connectivity index (χ0n) is 13.0. The van der Waals surface area contributed by atoms with E-state index in [0.29, 0.717) is 6.42 Å². The monoisotopic (exact) mass is 272 g/mol. The van der Waals surface area contributed by atoms with Crippen molar-refractivity contribution in [3.63, 3.8) is 0 Å². The number of hydrogen-bond acceptors (Lipinski definition) is 3. The number of carbonyl (C=O) groups excluding carboxylic acids is 1. The first-order valence-electron chi connectivity index (χ1n) is 7.53. The standard InChI is InChI=1S/C17H24N2O/c1-5-6-7-12-13(10-18)11(2)19-14-8-17(3,4)9-15(20)16(12)14/h12,19H,5-9H2,1-4H3/t12-/m0/s1. The lowest BCUT2D eigenvalue weighted by molar-refractivity contribution is -0.118. The molecule has 0 aromatic rings. The quantitative estimate of drug-likeness (QED) is 0.849. The van der Waals surface area contributed by atoms with Crippen molar-refractivity contribution >= 4 is 5.78 Å². The summed E-state index contributed by atoms with van der Waals surface area (Å²) in [6.07, 6.45) is 4.53. The number of ketones is 1. The van der Waals surface area contributed by atoms with Crippen molar-refractivity contribution in [2.75, 3.05) is 0 Å². The second-order valence-corrected chi connectivity index (χ2v) is 6.80. The Kier molecular flexibility index (Phi) is 4.04. The first kappa shape index (κ1) is 14.8. The number of hydrogen-bond donors (Lipinski definition) is 1. The molecule has 2 rings (SSSR count). The maximum Gasteiger partial charge on any atom is 0.161 e. The molecule has 0 radical (unpaired) electrons. The van der Waals surface area contributed by atoms with E-state index >= 15 is 0 Å². The summed E-state index contributed by atoms with van der Waals surface area (Å²) in [5.41, 5.74) is 3.65. The molecule has 0 aromatic heterocycles. The second kappa shape index (κ2) is 5.44. The maximum absolute atomic E-state index is 12.6. The van der Waals surface area contributed by atoms with Gasteiger partial charge in [0.2, 0.25) is 0 Å². The van der Waals surface area contributed by atoms with Crippen molar-refractivity contribution in [3.8, 4) is 6.07 Å². The topological polar surface area (TPSA) is 52.9 Å². The van der Waals surface area contributed by atoms with Crippen LogP contribution in [0.25, 0.3) is 0 Å². The number of nitrogens with zero attached hydrogens (tertiary/aromatic N) is 1. The van der Waals surface area contributed by atoms with Crippen LogP contribution < -0.4 is 5.32 Å². The summed E-state index contributed by atoms with van der Waals surface area (Å²) < 4.78 is 0. The minimum atomic E-state index is 0.0137. The van der Waals surface area contributed by atoms with Crippen LogP contribution in [0.1, 0.15) is 59.8 Å². The van der Waals surface area contributed by atoms with Gasteiger partial charge in [-0.2, -0.15) is 5.26 Å². The van der Waals surface area contributed by atoms with E-state index in [2.05, 4.69) is 32.2 Å². The highest BCUT2D eigenvalue weighted by molar-refractivity contribution is 5.99. The van der Waals surface area contributed by atoms with E-state index in [9.17, 15) is 10.1 Å². The van der Waals surface area contributed by atoms with Gasteiger partial charge in [0, 0.05) is 29.3 Å². The minimum absolute atomic E-state index is 0.0137. The lowest BCUT2D eigenvalue weighted by Crippen LogP contribution is -2.37. The van der Waals surface area contributed by atoms with Crippen LogP contribution in [0.3, 0.4) is 0 Å². The lowest BCUT2D eigenvalue weighted by atomic mass is 9.69. The largest absolute Gasteiger partial charge is 0.361 e. The molecule has 1 aliphatic carbocycles. The van der Waals surface area contributed by atoms with E-state index < -0.39 is 0 Å². The molecule has 1 aliphatic heterocycles. The Labute approximate surface area is 121 Å². The van der Waals surface area contributed by atoms with Crippen LogP contribution in [0, 0.1) is 22.7 Å². The molecule has 0 saturated carbocycles. The summed E-state index contributed by atoms with van der Waals surface area (Å²) in [6, 6.07) is 2.32. The SMILES string of the molecule is CCCC[C@H]1C(C#N)=C(C)NC2=C1C(=O)CC(C)(C)C2. The molecule has 0 unspecified atom stereocenters. The molecular formula is C17H24N2O. The molecule has 1 N–H and O–H groups in total. The van der Waals surface area contributed by atoms with Crippen molar-refractivity contribution in [3.05, 3.63) is 22.5 Å². The zero-order chi connectivity index (χ0) is 14.9.